The molecule has 0 atom stereocenters. The molecule has 8 heteroatoms. The first-order valence-electron chi connectivity index (χ1n) is 6.12. The maximum atomic E-state index is 6.23. The highest BCUT2D eigenvalue weighted by Crippen LogP contribution is 2.40. The van der Waals surface area contributed by atoms with E-state index in [2.05, 4.69) is 4.98 Å². The van der Waals surface area contributed by atoms with Crippen molar-refractivity contribution in [3.8, 4) is 21.8 Å². The van der Waals surface area contributed by atoms with Gasteiger partial charge in [0.1, 0.15) is 5.01 Å². The van der Waals surface area contributed by atoms with E-state index in [-0.39, 0.29) is 0 Å². The van der Waals surface area contributed by atoms with Crippen LogP contribution in [0.15, 0.2) is 29.6 Å². The van der Waals surface area contributed by atoms with E-state index in [0.717, 1.165) is 0 Å². The third-order valence-corrected chi connectivity index (χ3v) is 5.98. The maximum Gasteiger partial charge on any atom is 0.125 e. The monoisotopic (exact) mass is 441 g/mol. The van der Waals surface area contributed by atoms with Gasteiger partial charge in [-0.3, -0.25) is 0 Å². The number of thiazole rings is 1. The van der Waals surface area contributed by atoms with Gasteiger partial charge in [-0.1, -0.05) is 69.6 Å². The normalized spacial score (nSPS) is 11.0. The fraction of sp³-hybridized carbons (Fsp3) is 0. The van der Waals surface area contributed by atoms with Gasteiger partial charge in [0.15, 0.2) is 0 Å². The second kappa shape index (κ2) is 6.97. The molecule has 0 radical (unpaired) electrons. The Labute approximate surface area is 166 Å². The van der Waals surface area contributed by atoms with Gasteiger partial charge in [-0.25, -0.2) is 4.98 Å². The summed E-state index contributed by atoms with van der Waals surface area (Å²) in [6.07, 6.45) is 0. The van der Waals surface area contributed by atoms with Crippen molar-refractivity contribution >= 4 is 80.9 Å². The minimum Gasteiger partial charge on any atom is -0.236 e. The van der Waals surface area contributed by atoms with Crippen LogP contribution in [0.2, 0.25) is 30.1 Å². The summed E-state index contributed by atoms with van der Waals surface area (Å²) < 4.78 is 0. The molecular formula is C15H5Cl6NS. The van der Waals surface area contributed by atoms with E-state index in [4.69, 9.17) is 69.6 Å². The van der Waals surface area contributed by atoms with Crippen molar-refractivity contribution in [3.63, 3.8) is 0 Å². The number of aromatic nitrogens is 1. The predicted molar refractivity (Wildman–Crippen MR) is 103 cm³/mol. The molecule has 1 nitrogen and oxygen atoms in total. The predicted octanol–water partition coefficient (Wildman–Crippen LogP) is 8.40. The fourth-order valence-corrected chi connectivity index (χ4v) is 4.11. The largest absolute Gasteiger partial charge is 0.236 e. The molecule has 23 heavy (non-hydrogen) atoms. The molecule has 0 N–H and O–H groups in total. The molecule has 118 valence electrons. The number of rotatable bonds is 2. The van der Waals surface area contributed by atoms with Crippen LogP contribution in [0.3, 0.4) is 0 Å². The maximum absolute atomic E-state index is 6.23. The van der Waals surface area contributed by atoms with Gasteiger partial charge in [0.2, 0.25) is 0 Å². The van der Waals surface area contributed by atoms with Gasteiger partial charge in [0, 0.05) is 16.5 Å². The summed E-state index contributed by atoms with van der Waals surface area (Å²) in [5.41, 5.74) is 2.07. The zero-order chi connectivity index (χ0) is 16.7. The second-order valence-corrected chi connectivity index (χ2v) is 7.83. The summed E-state index contributed by atoms with van der Waals surface area (Å²) in [5.74, 6) is 0. The topological polar surface area (TPSA) is 12.9 Å². The average molecular weight is 444 g/mol. The summed E-state index contributed by atoms with van der Waals surface area (Å²) >= 11 is 37.9. The van der Waals surface area contributed by atoms with Crippen LogP contribution in [-0.2, 0) is 0 Å². The summed E-state index contributed by atoms with van der Waals surface area (Å²) in [6, 6.07) is 6.55. The number of hydrogen-bond acceptors (Lipinski definition) is 2. The Morgan fingerprint density at radius 1 is 0.609 bits per heavy atom. The van der Waals surface area contributed by atoms with E-state index >= 15 is 0 Å². The van der Waals surface area contributed by atoms with Crippen molar-refractivity contribution < 1.29 is 0 Å². The van der Waals surface area contributed by atoms with Crippen LogP contribution in [0, 0.1) is 0 Å². The Morgan fingerprint density at radius 2 is 1.09 bits per heavy atom. The lowest BCUT2D eigenvalue weighted by Gasteiger charge is -2.05. The van der Waals surface area contributed by atoms with Gasteiger partial charge in [-0.2, -0.15) is 0 Å². The molecule has 0 unspecified atom stereocenters. The molecular weight excluding hydrogens is 439 g/mol. The molecule has 3 rings (SSSR count). The van der Waals surface area contributed by atoms with E-state index in [1.54, 1.807) is 24.3 Å². The van der Waals surface area contributed by atoms with Crippen LogP contribution < -0.4 is 0 Å². The standard InChI is InChI=1S/C15H5Cl6NS/c16-8-3-12(20)10(18)1-6(8)14-5-23-15(22-14)7-2-11(19)13(21)4-9(7)17/h1-5H. The van der Waals surface area contributed by atoms with E-state index in [1.807, 2.05) is 5.38 Å². The van der Waals surface area contributed by atoms with Crippen molar-refractivity contribution in [2.45, 2.75) is 0 Å². The van der Waals surface area contributed by atoms with E-state index in [0.29, 0.717) is 52.0 Å². The van der Waals surface area contributed by atoms with Gasteiger partial charge in [0.05, 0.1) is 35.8 Å². The minimum atomic E-state index is 0.392. The molecule has 0 amide bonds. The lowest BCUT2D eigenvalue weighted by atomic mass is 10.1. The minimum absolute atomic E-state index is 0.392. The van der Waals surface area contributed by atoms with Crippen LogP contribution in [-0.4, -0.2) is 4.98 Å². The average Bonchev–Trinajstić information content (AvgIpc) is 2.96. The smallest absolute Gasteiger partial charge is 0.125 e. The number of hydrogen-bond donors (Lipinski definition) is 0. The Bertz CT molecular complexity index is 833. The second-order valence-electron chi connectivity index (χ2n) is 4.53. The van der Waals surface area contributed by atoms with Gasteiger partial charge in [-0.15, -0.1) is 11.3 Å². The summed E-state index contributed by atoms with van der Waals surface area (Å²) in [7, 11) is 0. The third kappa shape index (κ3) is 3.59. The zero-order valence-electron chi connectivity index (χ0n) is 11.0. The number of benzene rings is 2. The van der Waals surface area contributed by atoms with Crippen LogP contribution in [0.1, 0.15) is 0 Å². The lowest BCUT2D eigenvalue weighted by molar-refractivity contribution is 1.40. The Hall–Kier alpha value is -0.190. The van der Waals surface area contributed by atoms with Gasteiger partial charge >= 0.3 is 0 Å². The summed E-state index contributed by atoms with van der Waals surface area (Å²) in [4.78, 5) is 4.56. The van der Waals surface area contributed by atoms with Gasteiger partial charge in [-0.05, 0) is 24.3 Å². The molecule has 2 aromatic carbocycles. The highest BCUT2D eigenvalue weighted by Gasteiger charge is 2.15. The fourth-order valence-electron chi connectivity index (χ4n) is 1.93. The van der Waals surface area contributed by atoms with Crippen molar-refractivity contribution in [3.05, 3.63) is 59.8 Å². The van der Waals surface area contributed by atoms with Crippen molar-refractivity contribution in [2.24, 2.45) is 0 Å². The van der Waals surface area contributed by atoms with Crippen molar-refractivity contribution in [2.75, 3.05) is 0 Å². The molecule has 0 aliphatic rings. The Kier molecular flexibility index (Phi) is 5.34. The molecule has 0 aliphatic heterocycles. The van der Waals surface area contributed by atoms with Crippen LogP contribution in [0.25, 0.3) is 21.8 Å². The van der Waals surface area contributed by atoms with E-state index < -0.39 is 0 Å². The van der Waals surface area contributed by atoms with Crippen LogP contribution in [0.5, 0.6) is 0 Å². The molecule has 0 saturated heterocycles. The first-order chi connectivity index (χ1) is 10.9. The van der Waals surface area contributed by atoms with E-state index in [1.165, 1.54) is 11.3 Å². The molecule has 1 heterocycles. The number of halogens is 6. The first kappa shape index (κ1) is 17.6. The molecule has 3 aromatic rings. The molecule has 1 aromatic heterocycles. The SMILES string of the molecule is Clc1cc(Cl)c(-c2csc(-c3cc(Cl)c(Cl)cc3Cl)n2)cc1Cl. The third-order valence-electron chi connectivity index (χ3n) is 3.03. The first-order valence-corrected chi connectivity index (χ1v) is 9.27. The summed E-state index contributed by atoms with van der Waals surface area (Å²) in [5, 5.41) is 5.11. The van der Waals surface area contributed by atoms with Gasteiger partial charge < -0.3 is 0 Å². The Balaban J connectivity index is 2.08. The lowest BCUT2D eigenvalue weighted by Crippen LogP contribution is -1.84. The number of nitrogens with zero attached hydrogens (tertiary/aromatic N) is 1. The van der Waals surface area contributed by atoms with Crippen molar-refractivity contribution in [1.29, 1.82) is 0 Å². The molecule has 0 fully saturated rings. The van der Waals surface area contributed by atoms with Crippen LogP contribution in [0.4, 0.5) is 0 Å². The zero-order valence-corrected chi connectivity index (χ0v) is 16.4. The molecule has 0 saturated carbocycles. The van der Waals surface area contributed by atoms with E-state index in [9.17, 15) is 0 Å². The Morgan fingerprint density at radius 3 is 1.70 bits per heavy atom. The van der Waals surface area contributed by atoms with Crippen molar-refractivity contribution in [1.82, 2.24) is 4.98 Å². The summed E-state index contributed by atoms with van der Waals surface area (Å²) in [6.45, 7) is 0. The van der Waals surface area contributed by atoms with Crippen LogP contribution >= 0.6 is 80.9 Å². The quantitative estimate of drug-likeness (QED) is 0.362. The molecule has 0 bridgehead atoms. The highest BCUT2D eigenvalue weighted by molar-refractivity contribution is 7.13. The van der Waals surface area contributed by atoms with Gasteiger partial charge in [0.25, 0.3) is 0 Å². The highest BCUT2D eigenvalue weighted by atomic mass is 35.5. The molecule has 0 aliphatic carbocycles. The molecule has 0 spiro atoms.